The van der Waals surface area contributed by atoms with Gasteiger partial charge in [0.2, 0.25) is 11.8 Å². The molecule has 0 unspecified atom stereocenters. The highest BCUT2D eigenvalue weighted by Gasteiger charge is 2.15. The van der Waals surface area contributed by atoms with Crippen molar-refractivity contribution in [2.24, 2.45) is 0 Å². The van der Waals surface area contributed by atoms with Crippen LogP contribution in [-0.2, 0) is 9.59 Å². The molecular weight excluding hydrogens is 310 g/mol. The van der Waals surface area contributed by atoms with Crippen LogP contribution in [0.5, 0.6) is 11.5 Å². The minimum absolute atomic E-state index is 0.00310. The number of carbonyl (C=O) groups is 2. The summed E-state index contributed by atoms with van der Waals surface area (Å²) in [6, 6.07) is 5.15. The zero-order chi connectivity index (χ0) is 18.1. The van der Waals surface area contributed by atoms with Crippen LogP contribution in [0.15, 0.2) is 18.2 Å². The summed E-state index contributed by atoms with van der Waals surface area (Å²) >= 11 is 0. The van der Waals surface area contributed by atoms with Gasteiger partial charge < -0.3 is 24.6 Å². The summed E-state index contributed by atoms with van der Waals surface area (Å²) in [5, 5.41) is 2.77. The van der Waals surface area contributed by atoms with E-state index < -0.39 is 0 Å². The number of amides is 2. The molecule has 0 saturated heterocycles. The van der Waals surface area contributed by atoms with Crippen molar-refractivity contribution in [1.29, 1.82) is 0 Å². The van der Waals surface area contributed by atoms with Gasteiger partial charge in [0.05, 0.1) is 26.5 Å². The molecular formula is C17H27N3O4. The molecule has 0 aliphatic heterocycles. The molecule has 1 aromatic carbocycles. The van der Waals surface area contributed by atoms with Gasteiger partial charge in [0.1, 0.15) is 11.5 Å². The van der Waals surface area contributed by atoms with E-state index in [1.165, 1.54) is 18.9 Å². The van der Waals surface area contributed by atoms with E-state index in [9.17, 15) is 9.59 Å². The minimum atomic E-state index is -0.276. The lowest BCUT2D eigenvalue weighted by molar-refractivity contribution is -0.132. The standard InChI is InChI=1S/C17H27N3O4/c1-13(21)20(10-6-9-19(2)3)12-17(22)18-15-11-14(23-4)7-8-16(15)24-5/h7-8,11H,6,9-10,12H2,1-5H3,(H,18,22). The Hall–Kier alpha value is -2.28. The van der Waals surface area contributed by atoms with Gasteiger partial charge in [-0.05, 0) is 39.2 Å². The summed E-state index contributed by atoms with van der Waals surface area (Å²) in [5.41, 5.74) is 0.513. The lowest BCUT2D eigenvalue weighted by atomic mass is 10.2. The first-order chi connectivity index (χ1) is 11.4. The molecule has 0 aliphatic rings. The number of hydrogen-bond donors (Lipinski definition) is 1. The van der Waals surface area contributed by atoms with Gasteiger partial charge in [0.25, 0.3) is 0 Å². The zero-order valence-electron chi connectivity index (χ0n) is 15.1. The SMILES string of the molecule is COc1ccc(OC)c(NC(=O)CN(CCCN(C)C)C(C)=O)c1. The number of nitrogens with one attached hydrogen (secondary N) is 1. The van der Waals surface area contributed by atoms with E-state index in [1.807, 2.05) is 19.0 Å². The Kier molecular flexibility index (Phi) is 8.05. The first-order valence-corrected chi connectivity index (χ1v) is 7.79. The highest BCUT2D eigenvalue weighted by molar-refractivity contribution is 5.95. The van der Waals surface area contributed by atoms with Crippen molar-refractivity contribution >= 4 is 17.5 Å². The van der Waals surface area contributed by atoms with Gasteiger partial charge in [-0.2, -0.15) is 0 Å². The van der Waals surface area contributed by atoms with Crippen molar-refractivity contribution in [2.45, 2.75) is 13.3 Å². The largest absolute Gasteiger partial charge is 0.497 e. The summed E-state index contributed by atoms with van der Waals surface area (Å²) in [7, 11) is 7.02. The van der Waals surface area contributed by atoms with Crippen molar-refractivity contribution in [2.75, 3.05) is 53.3 Å². The smallest absolute Gasteiger partial charge is 0.244 e. The maximum Gasteiger partial charge on any atom is 0.244 e. The molecule has 7 nitrogen and oxygen atoms in total. The van der Waals surface area contributed by atoms with Crippen molar-refractivity contribution in [1.82, 2.24) is 9.80 Å². The lowest BCUT2D eigenvalue weighted by Gasteiger charge is -2.22. The van der Waals surface area contributed by atoms with Crippen LogP contribution in [0.25, 0.3) is 0 Å². The van der Waals surface area contributed by atoms with Crippen LogP contribution in [0.2, 0.25) is 0 Å². The Morgan fingerprint density at radius 3 is 2.38 bits per heavy atom. The normalized spacial score (nSPS) is 10.4. The highest BCUT2D eigenvalue weighted by Crippen LogP contribution is 2.28. The molecule has 0 saturated carbocycles. The topological polar surface area (TPSA) is 71.1 Å². The maximum atomic E-state index is 12.3. The molecule has 0 radical (unpaired) electrons. The fraction of sp³-hybridized carbons (Fsp3) is 0.529. The van der Waals surface area contributed by atoms with Crippen LogP contribution in [0.3, 0.4) is 0 Å². The van der Waals surface area contributed by atoms with E-state index >= 15 is 0 Å². The number of methoxy groups -OCH3 is 2. The van der Waals surface area contributed by atoms with Gasteiger partial charge in [-0.25, -0.2) is 0 Å². The van der Waals surface area contributed by atoms with Crippen LogP contribution < -0.4 is 14.8 Å². The molecule has 1 N–H and O–H groups in total. The molecule has 0 heterocycles. The molecule has 0 fully saturated rings. The minimum Gasteiger partial charge on any atom is -0.497 e. The lowest BCUT2D eigenvalue weighted by Crippen LogP contribution is -2.38. The molecule has 0 aliphatic carbocycles. The van der Waals surface area contributed by atoms with Crippen molar-refractivity contribution in [3.8, 4) is 11.5 Å². The van der Waals surface area contributed by atoms with E-state index in [-0.39, 0.29) is 18.4 Å². The average Bonchev–Trinajstić information content (AvgIpc) is 2.53. The quantitative estimate of drug-likeness (QED) is 0.738. The summed E-state index contributed by atoms with van der Waals surface area (Å²) in [4.78, 5) is 27.6. The molecule has 0 bridgehead atoms. The Labute approximate surface area is 143 Å². The molecule has 0 spiro atoms. The number of hydrogen-bond acceptors (Lipinski definition) is 5. The van der Waals surface area contributed by atoms with E-state index in [0.29, 0.717) is 23.7 Å². The van der Waals surface area contributed by atoms with Crippen molar-refractivity contribution in [3.63, 3.8) is 0 Å². The van der Waals surface area contributed by atoms with Crippen molar-refractivity contribution < 1.29 is 19.1 Å². The number of nitrogens with zero attached hydrogens (tertiary/aromatic N) is 2. The van der Waals surface area contributed by atoms with E-state index in [4.69, 9.17) is 9.47 Å². The third-order valence-electron chi connectivity index (χ3n) is 3.49. The molecule has 2 amide bonds. The van der Waals surface area contributed by atoms with Gasteiger partial charge in [0, 0.05) is 19.5 Å². The third kappa shape index (κ3) is 6.45. The number of rotatable bonds is 9. The number of carbonyl (C=O) groups excluding carboxylic acids is 2. The van der Waals surface area contributed by atoms with Crippen LogP contribution in [0.4, 0.5) is 5.69 Å². The molecule has 24 heavy (non-hydrogen) atoms. The number of ether oxygens (including phenoxy) is 2. The zero-order valence-corrected chi connectivity index (χ0v) is 15.1. The van der Waals surface area contributed by atoms with Gasteiger partial charge in [-0.3, -0.25) is 9.59 Å². The average molecular weight is 337 g/mol. The molecule has 1 rings (SSSR count). The number of benzene rings is 1. The first-order valence-electron chi connectivity index (χ1n) is 7.79. The second-order valence-corrected chi connectivity index (χ2v) is 5.71. The predicted molar refractivity (Wildman–Crippen MR) is 93.6 cm³/mol. The van der Waals surface area contributed by atoms with Crippen LogP contribution in [0.1, 0.15) is 13.3 Å². The summed E-state index contributed by atoms with van der Waals surface area (Å²) in [6.07, 6.45) is 0.808. The number of anilines is 1. The van der Waals surface area contributed by atoms with Gasteiger partial charge in [0.15, 0.2) is 0 Å². The molecule has 134 valence electrons. The van der Waals surface area contributed by atoms with Crippen LogP contribution in [0, 0.1) is 0 Å². The molecule has 0 atom stereocenters. The fourth-order valence-electron chi connectivity index (χ4n) is 2.20. The van der Waals surface area contributed by atoms with Gasteiger partial charge in [-0.1, -0.05) is 0 Å². The molecule has 1 aromatic rings. The Morgan fingerprint density at radius 1 is 1.12 bits per heavy atom. The monoisotopic (exact) mass is 337 g/mol. The van der Waals surface area contributed by atoms with Gasteiger partial charge >= 0.3 is 0 Å². The summed E-state index contributed by atoms with van der Waals surface area (Å²) in [6.45, 7) is 2.86. The molecule has 7 heteroatoms. The summed E-state index contributed by atoms with van der Waals surface area (Å²) in [5.74, 6) is 0.745. The fourth-order valence-corrected chi connectivity index (χ4v) is 2.20. The molecule has 0 aromatic heterocycles. The van der Waals surface area contributed by atoms with E-state index in [2.05, 4.69) is 5.32 Å². The van der Waals surface area contributed by atoms with Crippen LogP contribution in [-0.4, -0.2) is 69.6 Å². The Balaban J connectivity index is 2.70. The maximum absolute atomic E-state index is 12.3. The second-order valence-electron chi connectivity index (χ2n) is 5.71. The Morgan fingerprint density at radius 2 is 1.83 bits per heavy atom. The first kappa shape index (κ1) is 19.8. The Bertz CT molecular complexity index is 561. The van der Waals surface area contributed by atoms with Crippen LogP contribution >= 0.6 is 0 Å². The van der Waals surface area contributed by atoms with E-state index in [0.717, 1.165) is 13.0 Å². The highest BCUT2D eigenvalue weighted by atomic mass is 16.5. The van der Waals surface area contributed by atoms with Crippen molar-refractivity contribution in [3.05, 3.63) is 18.2 Å². The third-order valence-corrected chi connectivity index (χ3v) is 3.49. The van der Waals surface area contributed by atoms with Gasteiger partial charge in [-0.15, -0.1) is 0 Å². The predicted octanol–water partition coefficient (Wildman–Crippen LogP) is 1.44. The summed E-state index contributed by atoms with van der Waals surface area (Å²) < 4.78 is 10.4. The second kappa shape index (κ2) is 9.77. The van der Waals surface area contributed by atoms with E-state index in [1.54, 1.807) is 25.3 Å².